The van der Waals surface area contributed by atoms with Gasteiger partial charge in [0.15, 0.2) is 0 Å². The SMILES string of the molecule is COc1cc2ccccc2c2c1cc(C)n2CC1CCCCC1. The summed E-state index contributed by atoms with van der Waals surface area (Å²) in [6.07, 6.45) is 6.96. The highest BCUT2D eigenvalue weighted by Crippen LogP contribution is 2.37. The number of fused-ring (bicyclic) bond motifs is 3. The molecule has 3 aromatic rings. The van der Waals surface area contributed by atoms with E-state index in [4.69, 9.17) is 4.74 Å². The Morgan fingerprint density at radius 1 is 1.04 bits per heavy atom. The Hall–Kier alpha value is -1.96. The van der Waals surface area contributed by atoms with Gasteiger partial charge in [0.25, 0.3) is 0 Å². The molecular formula is C21H25NO. The van der Waals surface area contributed by atoms with Crippen LogP contribution >= 0.6 is 0 Å². The minimum atomic E-state index is 0.822. The van der Waals surface area contributed by atoms with Gasteiger partial charge in [0.1, 0.15) is 5.75 Å². The summed E-state index contributed by atoms with van der Waals surface area (Å²) in [7, 11) is 1.78. The van der Waals surface area contributed by atoms with E-state index in [0.717, 1.165) is 18.2 Å². The molecule has 0 radical (unpaired) electrons. The van der Waals surface area contributed by atoms with Crippen molar-refractivity contribution in [3.63, 3.8) is 0 Å². The number of aromatic nitrogens is 1. The minimum absolute atomic E-state index is 0.822. The average molecular weight is 307 g/mol. The molecule has 1 aliphatic rings. The molecule has 1 aromatic heterocycles. The first-order valence-electron chi connectivity index (χ1n) is 8.83. The quantitative estimate of drug-likeness (QED) is 0.606. The topological polar surface area (TPSA) is 14.2 Å². The summed E-state index contributed by atoms with van der Waals surface area (Å²) in [5, 5.41) is 3.85. The highest BCUT2D eigenvalue weighted by Gasteiger charge is 2.19. The van der Waals surface area contributed by atoms with Crippen LogP contribution in [-0.4, -0.2) is 11.7 Å². The van der Waals surface area contributed by atoms with E-state index in [-0.39, 0.29) is 0 Å². The van der Waals surface area contributed by atoms with Crippen molar-refractivity contribution in [1.82, 2.24) is 4.57 Å². The Labute approximate surface area is 138 Å². The zero-order chi connectivity index (χ0) is 15.8. The van der Waals surface area contributed by atoms with Crippen molar-refractivity contribution in [2.45, 2.75) is 45.6 Å². The number of rotatable bonds is 3. The van der Waals surface area contributed by atoms with Crippen LogP contribution in [0, 0.1) is 12.8 Å². The molecule has 1 heterocycles. The lowest BCUT2D eigenvalue weighted by Gasteiger charge is -2.23. The van der Waals surface area contributed by atoms with Crippen LogP contribution < -0.4 is 4.74 Å². The molecule has 1 saturated carbocycles. The molecule has 0 N–H and O–H groups in total. The standard InChI is InChI=1S/C21H25NO/c1-15-12-19-20(23-2)13-17-10-6-7-11-18(17)21(19)22(15)14-16-8-4-3-5-9-16/h6-7,10-13,16H,3-5,8-9,14H2,1-2H3. The molecule has 2 heteroatoms. The maximum absolute atomic E-state index is 5.68. The fraction of sp³-hybridized carbons (Fsp3) is 0.429. The third kappa shape index (κ3) is 2.50. The van der Waals surface area contributed by atoms with Crippen LogP contribution in [-0.2, 0) is 6.54 Å². The second-order valence-corrected chi connectivity index (χ2v) is 6.96. The lowest BCUT2D eigenvalue weighted by molar-refractivity contribution is 0.321. The average Bonchev–Trinajstić information content (AvgIpc) is 2.92. The van der Waals surface area contributed by atoms with Crippen LogP contribution in [0.5, 0.6) is 5.75 Å². The van der Waals surface area contributed by atoms with Crippen LogP contribution in [0.1, 0.15) is 37.8 Å². The number of methoxy groups -OCH3 is 1. The highest BCUT2D eigenvalue weighted by molar-refractivity contribution is 6.09. The molecular weight excluding hydrogens is 282 g/mol. The normalized spacial score (nSPS) is 16.3. The second kappa shape index (κ2) is 5.92. The zero-order valence-electron chi connectivity index (χ0n) is 14.1. The van der Waals surface area contributed by atoms with Gasteiger partial charge in [-0.3, -0.25) is 0 Å². The molecule has 0 amide bonds. The molecule has 23 heavy (non-hydrogen) atoms. The summed E-state index contributed by atoms with van der Waals surface area (Å²) in [6.45, 7) is 3.38. The van der Waals surface area contributed by atoms with Crippen molar-refractivity contribution in [3.8, 4) is 5.75 Å². The molecule has 0 spiro atoms. The first kappa shape index (κ1) is 14.6. The number of nitrogens with zero attached hydrogens (tertiary/aromatic N) is 1. The monoisotopic (exact) mass is 307 g/mol. The number of benzene rings is 2. The Morgan fingerprint density at radius 3 is 2.61 bits per heavy atom. The Morgan fingerprint density at radius 2 is 1.83 bits per heavy atom. The van der Waals surface area contributed by atoms with Crippen LogP contribution in [0.4, 0.5) is 0 Å². The molecule has 120 valence electrons. The summed E-state index contributed by atoms with van der Waals surface area (Å²) in [4.78, 5) is 0. The summed E-state index contributed by atoms with van der Waals surface area (Å²) in [5.41, 5.74) is 2.70. The molecule has 1 aliphatic carbocycles. The van der Waals surface area contributed by atoms with Crippen LogP contribution in [0.3, 0.4) is 0 Å². The number of aryl methyl sites for hydroxylation is 1. The molecule has 4 rings (SSSR count). The van der Waals surface area contributed by atoms with E-state index in [9.17, 15) is 0 Å². The van der Waals surface area contributed by atoms with Crippen molar-refractivity contribution in [1.29, 1.82) is 0 Å². The van der Waals surface area contributed by atoms with E-state index in [0.29, 0.717) is 0 Å². The Bertz CT molecular complexity index is 840. The van der Waals surface area contributed by atoms with Gasteiger partial charge in [0.05, 0.1) is 12.6 Å². The second-order valence-electron chi connectivity index (χ2n) is 6.96. The smallest absolute Gasteiger partial charge is 0.128 e. The van der Waals surface area contributed by atoms with Gasteiger partial charge < -0.3 is 9.30 Å². The van der Waals surface area contributed by atoms with E-state index in [2.05, 4.69) is 47.9 Å². The van der Waals surface area contributed by atoms with E-state index in [1.807, 2.05) is 0 Å². The molecule has 0 atom stereocenters. The summed E-state index contributed by atoms with van der Waals surface area (Å²) >= 11 is 0. The van der Waals surface area contributed by atoms with Gasteiger partial charge in [0, 0.05) is 23.0 Å². The maximum Gasteiger partial charge on any atom is 0.128 e. The number of hydrogen-bond donors (Lipinski definition) is 0. The highest BCUT2D eigenvalue weighted by atomic mass is 16.5. The van der Waals surface area contributed by atoms with Crippen molar-refractivity contribution < 1.29 is 4.74 Å². The molecule has 2 aromatic carbocycles. The maximum atomic E-state index is 5.68. The van der Waals surface area contributed by atoms with E-state index in [1.54, 1.807) is 7.11 Å². The summed E-state index contributed by atoms with van der Waals surface area (Å²) < 4.78 is 8.22. The van der Waals surface area contributed by atoms with Crippen molar-refractivity contribution >= 4 is 21.7 Å². The predicted octanol–water partition coefficient (Wildman–Crippen LogP) is 5.69. The zero-order valence-corrected chi connectivity index (χ0v) is 14.1. The van der Waals surface area contributed by atoms with Crippen LogP contribution in [0.2, 0.25) is 0 Å². The van der Waals surface area contributed by atoms with Crippen LogP contribution in [0.25, 0.3) is 21.7 Å². The third-order valence-electron chi connectivity index (χ3n) is 5.46. The molecule has 0 bridgehead atoms. The minimum Gasteiger partial charge on any atom is -0.496 e. The van der Waals surface area contributed by atoms with E-state index < -0.39 is 0 Å². The molecule has 0 aliphatic heterocycles. The molecule has 0 saturated heterocycles. The van der Waals surface area contributed by atoms with Gasteiger partial charge in [-0.05, 0) is 43.2 Å². The molecule has 1 fully saturated rings. The number of ether oxygens (including phenoxy) is 1. The lowest BCUT2D eigenvalue weighted by atomic mass is 9.89. The van der Waals surface area contributed by atoms with Crippen molar-refractivity contribution in [2.75, 3.05) is 7.11 Å². The van der Waals surface area contributed by atoms with Crippen molar-refractivity contribution in [2.24, 2.45) is 5.92 Å². The molecule has 2 nitrogen and oxygen atoms in total. The van der Waals surface area contributed by atoms with Crippen molar-refractivity contribution in [3.05, 3.63) is 42.1 Å². The van der Waals surface area contributed by atoms with Gasteiger partial charge in [-0.2, -0.15) is 0 Å². The third-order valence-corrected chi connectivity index (χ3v) is 5.46. The van der Waals surface area contributed by atoms with Gasteiger partial charge in [-0.1, -0.05) is 43.5 Å². The van der Waals surface area contributed by atoms with Crippen LogP contribution in [0.15, 0.2) is 36.4 Å². The summed E-state index contributed by atoms with van der Waals surface area (Å²) in [6, 6.07) is 13.1. The first-order chi connectivity index (χ1) is 11.3. The predicted molar refractivity (Wildman–Crippen MR) is 97.3 cm³/mol. The van der Waals surface area contributed by atoms with E-state index >= 15 is 0 Å². The largest absolute Gasteiger partial charge is 0.496 e. The fourth-order valence-electron chi connectivity index (χ4n) is 4.24. The van der Waals surface area contributed by atoms with E-state index in [1.165, 1.54) is 59.5 Å². The number of hydrogen-bond acceptors (Lipinski definition) is 1. The van der Waals surface area contributed by atoms with Gasteiger partial charge in [0.2, 0.25) is 0 Å². The lowest BCUT2D eigenvalue weighted by Crippen LogP contribution is -2.14. The fourth-order valence-corrected chi connectivity index (χ4v) is 4.24. The Kier molecular flexibility index (Phi) is 3.76. The van der Waals surface area contributed by atoms with Gasteiger partial charge in [-0.25, -0.2) is 0 Å². The molecule has 0 unspecified atom stereocenters. The van der Waals surface area contributed by atoms with Gasteiger partial charge >= 0.3 is 0 Å². The first-order valence-corrected chi connectivity index (χ1v) is 8.83. The van der Waals surface area contributed by atoms with Gasteiger partial charge in [-0.15, -0.1) is 0 Å². The summed E-state index contributed by atoms with van der Waals surface area (Å²) in [5.74, 6) is 1.81. The Balaban J connectivity index is 1.92.